The first-order chi connectivity index (χ1) is 13.7. The van der Waals surface area contributed by atoms with Crippen molar-refractivity contribution in [1.82, 2.24) is 0 Å². The average molecular weight is 401 g/mol. The number of hydrogen-bond donors (Lipinski definition) is 3. The van der Waals surface area contributed by atoms with Gasteiger partial charge in [-0.2, -0.15) is 0 Å². The van der Waals surface area contributed by atoms with E-state index >= 15 is 0 Å². The van der Waals surface area contributed by atoms with Gasteiger partial charge >= 0.3 is 0 Å². The fourth-order valence-electron chi connectivity index (χ4n) is 3.62. The Morgan fingerprint density at radius 3 is 2.04 bits per heavy atom. The molecule has 1 heterocycles. The van der Waals surface area contributed by atoms with Crippen LogP contribution in [0.5, 0.6) is 0 Å². The Morgan fingerprint density at radius 2 is 1.43 bits per heavy atom. The summed E-state index contributed by atoms with van der Waals surface area (Å²) < 4.78 is 11.0. The van der Waals surface area contributed by atoms with E-state index in [2.05, 4.69) is 19.1 Å². The maximum atomic E-state index is 9.98. The molecule has 0 spiro atoms. The first kappa shape index (κ1) is 25.6. The monoisotopic (exact) mass is 400 g/mol. The van der Waals surface area contributed by atoms with Gasteiger partial charge in [-0.1, -0.05) is 76.9 Å². The molecular formula is C23H44O5. The number of unbranched alkanes of at least 4 members (excludes halogenated alkanes) is 11. The van der Waals surface area contributed by atoms with Crippen LogP contribution >= 0.6 is 0 Å². The number of aliphatic hydroxyl groups is 3. The molecule has 0 amide bonds. The van der Waals surface area contributed by atoms with Gasteiger partial charge in [0.2, 0.25) is 0 Å². The summed E-state index contributed by atoms with van der Waals surface area (Å²) in [5.74, 6) is 0. The van der Waals surface area contributed by atoms with E-state index in [-0.39, 0.29) is 13.2 Å². The van der Waals surface area contributed by atoms with Crippen LogP contribution in [0.15, 0.2) is 12.2 Å². The summed E-state index contributed by atoms with van der Waals surface area (Å²) in [5.41, 5.74) is 0. The highest BCUT2D eigenvalue weighted by molar-refractivity contribution is 4.88. The highest BCUT2D eigenvalue weighted by Crippen LogP contribution is 2.19. The Morgan fingerprint density at radius 1 is 0.857 bits per heavy atom. The van der Waals surface area contributed by atoms with Gasteiger partial charge in [-0.15, -0.1) is 0 Å². The molecular weight excluding hydrogens is 356 g/mol. The molecule has 5 heteroatoms. The normalized spacial score (nSPS) is 25.6. The Labute approximate surface area is 172 Å². The van der Waals surface area contributed by atoms with E-state index in [9.17, 15) is 15.3 Å². The third kappa shape index (κ3) is 11.5. The predicted octanol–water partition coefficient (Wildman–Crippen LogP) is 4.13. The summed E-state index contributed by atoms with van der Waals surface area (Å²) in [4.78, 5) is 0. The molecule has 0 bridgehead atoms. The lowest BCUT2D eigenvalue weighted by molar-refractivity contribution is -0.211. The quantitative estimate of drug-likeness (QED) is 0.253. The first-order valence-corrected chi connectivity index (χ1v) is 11.6. The van der Waals surface area contributed by atoms with Gasteiger partial charge < -0.3 is 24.8 Å². The van der Waals surface area contributed by atoms with Crippen LogP contribution in [0.2, 0.25) is 0 Å². The van der Waals surface area contributed by atoms with Crippen LogP contribution in [-0.4, -0.2) is 59.6 Å². The average Bonchev–Trinajstić information content (AvgIpc) is 2.70. The number of ether oxygens (including phenoxy) is 2. The van der Waals surface area contributed by atoms with Crippen molar-refractivity contribution in [2.75, 3.05) is 19.8 Å². The minimum atomic E-state index is -1.00. The second kappa shape index (κ2) is 17.4. The zero-order valence-electron chi connectivity index (χ0n) is 17.9. The SMILES string of the molecule is CCCCCCCCCCCC/C=C/CCCO[C@@H]1[C@@H](O)[C@H](O)CO[C@H]1CO. The fraction of sp³-hybridized carbons (Fsp3) is 0.913. The van der Waals surface area contributed by atoms with Crippen molar-refractivity contribution in [1.29, 1.82) is 0 Å². The molecule has 0 aromatic rings. The minimum absolute atomic E-state index is 0.0357. The Hall–Kier alpha value is -0.460. The van der Waals surface area contributed by atoms with Crippen LogP contribution in [-0.2, 0) is 9.47 Å². The Balaban J connectivity index is 1.91. The van der Waals surface area contributed by atoms with Crippen LogP contribution in [0.4, 0.5) is 0 Å². The second-order valence-corrected chi connectivity index (χ2v) is 8.03. The van der Waals surface area contributed by atoms with Gasteiger partial charge in [-0.3, -0.25) is 0 Å². The molecule has 5 nitrogen and oxygen atoms in total. The number of aliphatic hydroxyl groups excluding tert-OH is 3. The molecule has 1 saturated heterocycles. The molecule has 0 saturated carbocycles. The van der Waals surface area contributed by atoms with E-state index in [4.69, 9.17) is 9.47 Å². The molecule has 0 aromatic carbocycles. The van der Waals surface area contributed by atoms with Gasteiger partial charge in [0.05, 0.1) is 13.2 Å². The van der Waals surface area contributed by atoms with Crippen LogP contribution in [0.1, 0.15) is 90.4 Å². The maximum Gasteiger partial charge on any atom is 0.114 e. The van der Waals surface area contributed by atoms with Crippen LogP contribution in [0, 0.1) is 0 Å². The highest BCUT2D eigenvalue weighted by Gasteiger charge is 2.39. The molecule has 1 aliphatic heterocycles. The molecule has 1 fully saturated rings. The van der Waals surface area contributed by atoms with Crippen LogP contribution in [0.3, 0.4) is 0 Å². The first-order valence-electron chi connectivity index (χ1n) is 11.6. The molecule has 1 aliphatic rings. The molecule has 1 rings (SSSR count). The number of rotatable bonds is 17. The van der Waals surface area contributed by atoms with E-state index in [1.165, 1.54) is 64.2 Å². The summed E-state index contributed by atoms with van der Waals surface area (Å²) in [6, 6.07) is 0. The lowest BCUT2D eigenvalue weighted by Crippen LogP contribution is -2.55. The zero-order valence-corrected chi connectivity index (χ0v) is 17.9. The smallest absolute Gasteiger partial charge is 0.114 e. The lowest BCUT2D eigenvalue weighted by Gasteiger charge is -2.37. The van der Waals surface area contributed by atoms with E-state index < -0.39 is 24.4 Å². The summed E-state index contributed by atoms with van der Waals surface area (Å²) in [6.07, 6.45) is 17.9. The van der Waals surface area contributed by atoms with Crippen molar-refractivity contribution in [3.63, 3.8) is 0 Å². The number of allylic oxidation sites excluding steroid dienone is 2. The third-order valence-electron chi connectivity index (χ3n) is 5.47. The van der Waals surface area contributed by atoms with Crippen molar-refractivity contribution in [3.8, 4) is 0 Å². The highest BCUT2D eigenvalue weighted by atomic mass is 16.6. The molecule has 4 atom stereocenters. The van der Waals surface area contributed by atoms with E-state index in [1.807, 2.05) is 0 Å². The van der Waals surface area contributed by atoms with Crippen molar-refractivity contribution in [3.05, 3.63) is 12.2 Å². The molecule has 3 N–H and O–H groups in total. The third-order valence-corrected chi connectivity index (χ3v) is 5.47. The minimum Gasteiger partial charge on any atom is -0.394 e. The van der Waals surface area contributed by atoms with Gasteiger partial charge in [0.25, 0.3) is 0 Å². The molecule has 0 radical (unpaired) electrons. The van der Waals surface area contributed by atoms with Gasteiger partial charge in [-0.25, -0.2) is 0 Å². The van der Waals surface area contributed by atoms with Crippen molar-refractivity contribution in [2.24, 2.45) is 0 Å². The summed E-state index contributed by atoms with van der Waals surface area (Å²) in [7, 11) is 0. The molecule has 166 valence electrons. The topological polar surface area (TPSA) is 79.2 Å². The van der Waals surface area contributed by atoms with E-state index in [1.54, 1.807) is 0 Å². The van der Waals surface area contributed by atoms with Gasteiger partial charge in [0.1, 0.15) is 24.4 Å². The van der Waals surface area contributed by atoms with E-state index in [0.29, 0.717) is 6.61 Å². The largest absolute Gasteiger partial charge is 0.394 e. The molecule has 0 unspecified atom stereocenters. The summed E-state index contributed by atoms with van der Waals surface area (Å²) >= 11 is 0. The molecule has 0 aliphatic carbocycles. The molecule has 0 aromatic heterocycles. The summed E-state index contributed by atoms with van der Waals surface area (Å²) in [6.45, 7) is 2.57. The number of hydrogen-bond acceptors (Lipinski definition) is 5. The Kier molecular flexibility index (Phi) is 15.9. The second-order valence-electron chi connectivity index (χ2n) is 8.03. The standard InChI is InChI=1S/C23H44O5/c1-2-3-4-5-6-7-8-9-10-11-12-13-14-15-16-17-27-23-21(18-24)28-19-20(25)22(23)26/h13-14,20-26H,2-12,15-19H2,1H3/b14-13+/t20-,21+,22+,23+/m1/s1. The van der Waals surface area contributed by atoms with E-state index in [0.717, 1.165) is 19.3 Å². The van der Waals surface area contributed by atoms with Gasteiger partial charge in [-0.05, 0) is 25.7 Å². The fourth-order valence-corrected chi connectivity index (χ4v) is 3.62. The Bertz CT molecular complexity index is 372. The molecule has 28 heavy (non-hydrogen) atoms. The van der Waals surface area contributed by atoms with Gasteiger partial charge in [0, 0.05) is 6.61 Å². The summed E-state index contributed by atoms with van der Waals surface area (Å²) in [5, 5.41) is 28.9. The maximum absolute atomic E-state index is 9.98. The lowest BCUT2D eigenvalue weighted by atomic mass is 10.0. The van der Waals surface area contributed by atoms with Gasteiger partial charge in [0.15, 0.2) is 0 Å². The van der Waals surface area contributed by atoms with Crippen molar-refractivity contribution < 1.29 is 24.8 Å². The van der Waals surface area contributed by atoms with Crippen LogP contribution in [0.25, 0.3) is 0 Å². The van der Waals surface area contributed by atoms with Crippen LogP contribution < -0.4 is 0 Å². The zero-order chi connectivity index (χ0) is 20.5. The predicted molar refractivity (Wildman–Crippen MR) is 113 cm³/mol. The van der Waals surface area contributed by atoms with Crippen molar-refractivity contribution >= 4 is 0 Å². The van der Waals surface area contributed by atoms with Crippen molar-refractivity contribution in [2.45, 2.75) is 115 Å².